The summed E-state index contributed by atoms with van der Waals surface area (Å²) in [6, 6.07) is 17.2. The monoisotopic (exact) mass is 542 g/mol. The van der Waals surface area contributed by atoms with Gasteiger partial charge in [-0.05, 0) is 87.9 Å². The van der Waals surface area contributed by atoms with E-state index in [2.05, 4.69) is 12.2 Å². The molecule has 1 aliphatic carbocycles. The molecule has 1 atom stereocenters. The summed E-state index contributed by atoms with van der Waals surface area (Å²) in [5.74, 6) is 0.736. The maximum Gasteiger partial charge on any atom is 0.341 e. The van der Waals surface area contributed by atoms with Crippen molar-refractivity contribution in [2.75, 3.05) is 11.9 Å². The van der Waals surface area contributed by atoms with Crippen molar-refractivity contribution in [3.8, 4) is 17.0 Å². The van der Waals surface area contributed by atoms with Crippen molar-refractivity contribution in [1.82, 2.24) is 4.98 Å². The third kappa shape index (κ3) is 5.69. The highest BCUT2D eigenvalue weighted by Crippen LogP contribution is 2.41. The Morgan fingerprint density at radius 3 is 2.59 bits per heavy atom. The number of thiophene rings is 1. The van der Waals surface area contributed by atoms with Crippen molar-refractivity contribution >= 4 is 39.1 Å². The molecule has 7 heteroatoms. The van der Waals surface area contributed by atoms with E-state index >= 15 is 0 Å². The number of rotatable bonds is 8. The molecule has 0 saturated carbocycles. The van der Waals surface area contributed by atoms with Gasteiger partial charge in [-0.15, -0.1) is 11.3 Å². The second-order valence-electron chi connectivity index (χ2n) is 10.2. The predicted molar refractivity (Wildman–Crippen MR) is 157 cm³/mol. The normalized spacial score (nSPS) is 14.7. The zero-order chi connectivity index (χ0) is 27.5. The summed E-state index contributed by atoms with van der Waals surface area (Å²) < 4.78 is 11.2. The first-order valence-corrected chi connectivity index (χ1v) is 14.5. The molecule has 0 aliphatic heterocycles. The van der Waals surface area contributed by atoms with E-state index in [9.17, 15) is 9.59 Å². The molecular formula is C32H34N2O4S. The number of hydrogen-bond acceptors (Lipinski definition) is 6. The first-order chi connectivity index (χ1) is 18.9. The van der Waals surface area contributed by atoms with Crippen molar-refractivity contribution in [2.45, 2.75) is 59.5 Å². The van der Waals surface area contributed by atoms with E-state index < -0.39 is 0 Å². The number of amides is 1. The van der Waals surface area contributed by atoms with E-state index in [0.29, 0.717) is 27.7 Å². The first kappa shape index (κ1) is 26.9. The Hall–Kier alpha value is -3.71. The highest BCUT2D eigenvalue weighted by atomic mass is 32.1. The number of carbonyl (C=O) groups excluding carboxylic acids is 2. The number of pyridine rings is 1. The van der Waals surface area contributed by atoms with Crippen LogP contribution < -0.4 is 10.1 Å². The van der Waals surface area contributed by atoms with Crippen LogP contribution in [0.3, 0.4) is 0 Å². The number of carbonyl (C=O) groups is 2. The minimum atomic E-state index is -0.371. The molecule has 1 amide bonds. The zero-order valence-electron chi connectivity index (χ0n) is 22.9. The highest BCUT2D eigenvalue weighted by Gasteiger charge is 2.30. The summed E-state index contributed by atoms with van der Waals surface area (Å²) in [6.45, 7) is 8.27. The van der Waals surface area contributed by atoms with Crippen LogP contribution in [0, 0.1) is 5.92 Å². The fourth-order valence-corrected chi connectivity index (χ4v) is 6.51. The van der Waals surface area contributed by atoms with Crippen molar-refractivity contribution in [1.29, 1.82) is 0 Å². The fraction of sp³-hybridized carbons (Fsp3) is 0.344. The van der Waals surface area contributed by atoms with Gasteiger partial charge in [0.2, 0.25) is 0 Å². The van der Waals surface area contributed by atoms with E-state index in [1.807, 2.05) is 68.4 Å². The van der Waals surface area contributed by atoms with Crippen LogP contribution in [0.15, 0.2) is 54.6 Å². The van der Waals surface area contributed by atoms with Gasteiger partial charge in [-0.2, -0.15) is 0 Å². The molecule has 39 heavy (non-hydrogen) atoms. The number of hydrogen-bond donors (Lipinski definition) is 1. The second-order valence-corrected chi connectivity index (χ2v) is 11.3. The van der Waals surface area contributed by atoms with E-state index in [0.717, 1.165) is 53.5 Å². The van der Waals surface area contributed by atoms with Crippen molar-refractivity contribution in [3.05, 3.63) is 76.2 Å². The zero-order valence-corrected chi connectivity index (χ0v) is 23.7. The number of esters is 1. The van der Waals surface area contributed by atoms with Crippen molar-refractivity contribution < 1.29 is 19.1 Å². The van der Waals surface area contributed by atoms with Crippen LogP contribution in [0.5, 0.6) is 5.75 Å². The molecular weight excluding hydrogens is 508 g/mol. The van der Waals surface area contributed by atoms with E-state index in [1.54, 1.807) is 6.92 Å². The van der Waals surface area contributed by atoms with Crippen molar-refractivity contribution in [3.63, 3.8) is 0 Å². The Bertz CT molecular complexity index is 1510. The standard InChI is InChI=1S/C32H34N2O4S/c1-5-20-11-16-24-28(17-20)39-31(29(24)32(36)37-6-2)34-30(35)25-18-27(33-26-10-8-7-9-23(25)26)21-12-14-22(15-13-21)38-19(3)4/h7-10,12-15,18-20H,5-6,11,16-17H2,1-4H3,(H,34,35)/t20-/m1/s1. The lowest BCUT2D eigenvalue weighted by Crippen LogP contribution is -2.17. The molecule has 1 N–H and O–H groups in total. The summed E-state index contributed by atoms with van der Waals surface area (Å²) in [7, 11) is 0. The molecule has 5 rings (SSSR count). The van der Waals surface area contributed by atoms with Crippen molar-refractivity contribution in [2.24, 2.45) is 5.92 Å². The van der Waals surface area contributed by atoms with Gasteiger partial charge in [0.15, 0.2) is 0 Å². The Morgan fingerprint density at radius 1 is 1.10 bits per heavy atom. The first-order valence-electron chi connectivity index (χ1n) is 13.7. The summed E-state index contributed by atoms with van der Waals surface area (Å²) in [5.41, 5.74) is 4.35. The van der Waals surface area contributed by atoms with Gasteiger partial charge < -0.3 is 14.8 Å². The third-order valence-corrected chi connectivity index (χ3v) is 8.30. The summed E-state index contributed by atoms with van der Waals surface area (Å²) in [4.78, 5) is 32.9. The highest BCUT2D eigenvalue weighted by molar-refractivity contribution is 7.17. The minimum Gasteiger partial charge on any atom is -0.491 e. The van der Waals surface area contributed by atoms with Gasteiger partial charge in [-0.3, -0.25) is 4.79 Å². The van der Waals surface area contributed by atoms with E-state index in [-0.39, 0.29) is 24.6 Å². The molecule has 4 aromatic rings. The van der Waals surface area contributed by atoms with Gasteiger partial charge in [0, 0.05) is 15.8 Å². The van der Waals surface area contributed by atoms with Gasteiger partial charge in [0.05, 0.1) is 35.0 Å². The molecule has 2 aromatic heterocycles. The number of ether oxygens (including phenoxy) is 2. The maximum atomic E-state index is 13.8. The van der Waals surface area contributed by atoms with Crippen LogP contribution in [-0.4, -0.2) is 29.6 Å². The molecule has 0 radical (unpaired) electrons. The smallest absolute Gasteiger partial charge is 0.341 e. The van der Waals surface area contributed by atoms with E-state index in [1.165, 1.54) is 16.2 Å². The minimum absolute atomic E-state index is 0.0835. The number of aromatic nitrogens is 1. The Labute approximate surface area is 233 Å². The molecule has 0 spiro atoms. The summed E-state index contributed by atoms with van der Waals surface area (Å²) in [6.07, 6.45) is 3.98. The molecule has 1 aliphatic rings. The average Bonchev–Trinajstić information content (AvgIpc) is 3.29. The third-order valence-electron chi connectivity index (χ3n) is 7.13. The van der Waals surface area contributed by atoms with E-state index in [4.69, 9.17) is 14.5 Å². The lowest BCUT2D eigenvalue weighted by atomic mass is 9.85. The Kier molecular flexibility index (Phi) is 7.98. The van der Waals surface area contributed by atoms with Gasteiger partial charge >= 0.3 is 5.97 Å². The SMILES string of the molecule is CCOC(=O)c1c(NC(=O)c2cc(-c3ccc(OC(C)C)cc3)nc3ccccc23)sc2c1CC[C@@H](CC)C2. The van der Waals surface area contributed by atoms with Gasteiger partial charge in [0.25, 0.3) is 5.91 Å². The molecule has 6 nitrogen and oxygen atoms in total. The van der Waals surface area contributed by atoms with Crippen LogP contribution in [0.25, 0.3) is 22.2 Å². The molecule has 202 valence electrons. The Balaban J connectivity index is 1.53. The summed E-state index contributed by atoms with van der Waals surface area (Å²) in [5, 5.41) is 4.41. The quantitative estimate of drug-likeness (QED) is 0.231. The topological polar surface area (TPSA) is 77.5 Å². The molecule has 0 unspecified atom stereocenters. The van der Waals surface area contributed by atoms with Gasteiger partial charge in [-0.1, -0.05) is 31.5 Å². The average molecular weight is 543 g/mol. The molecule has 2 aromatic carbocycles. The van der Waals surface area contributed by atoms with Crippen LogP contribution >= 0.6 is 11.3 Å². The number of para-hydroxylation sites is 1. The van der Waals surface area contributed by atoms with Crippen LogP contribution in [0.1, 0.15) is 71.7 Å². The van der Waals surface area contributed by atoms with Crippen LogP contribution in [-0.2, 0) is 17.6 Å². The fourth-order valence-electron chi connectivity index (χ4n) is 5.17. The molecule has 2 heterocycles. The molecule has 0 saturated heterocycles. The van der Waals surface area contributed by atoms with Gasteiger partial charge in [-0.25, -0.2) is 9.78 Å². The number of nitrogens with one attached hydrogen (secondary N) is 1. The predicted octanol–water partition coefficient (Wildman–Crippen LogP) is 7.69. The number of nitrogens with zero attached hydrogens (tertiary/aromatic N) is 1. The van der Waals surface area contributed by atoms with Crippen LogP contribution in [0.2, 0.25) is 0 Å². The maximum absolute atomic E-state index is 13.8. The lowest BCUT2D eigenvalue weighted by Gasteiger charge is -2.20. The number of fused-ring (bicyclic) bond motifs is 2. The van der Waals surface area contributed by atoms with Gasteiger partial charge in [0.1, 0.15) is 10.8 Å². The Morgan fingerprint density at radius 2 is 1.87 bits per heavy atom. The number of anilines is 1. The molecule has 0 fully saturated rings. The largest absolute Gasteiger partial charge is 0.491 e. The molecule has 0 bridgehead atoms. The lowest BCUT2D eigenvalue weighted by molar-refractivity contribution is 0.0526. The van der Waals surface area contributed by atoms with Crippen LogP contribution in [0.4, 0.5) is 5.00 Å². The second kappa shape index (κ2) is 11.6. The summed E-state index contributed by atoms with van der Waals surface area (Å²) >= 11 is 1.51. The number of benzene rings is 2.